The molecule has 5 nitrogen and oxygen atoms in total. The Morgan fingerprint density at radius 1 is 1.08 bits per heavy atom. The van der Waals surface area contributed by atoms with E-state index in [2.05, 4.69) is 9.88 Å². The molecule has 3 heterocycles. The van der Waals surface area contributed by atoms with Gasteiger partial charge in [-0.1, -0.05) is 12.1 Å². The summed E-state index contributed by atoms with van der Waals surface area (Å²) in [6, 6.07) is 9.26. The maximum atomic E-state index is 12.9. The Balaban J connectivity index is 1.57. The van der Waals surface area contributed by atoms with Crippen molar-refractivity contribution in [1.82, 2.24) is 14.8 Å². The molecule has 1 aromatic carbocycles. The van der Waals surface area contributed by atoms with Gasteiger partial charge in [-0.3, -0.25) is 14.5 Å². The van der Waals surface area contributed by atoms with E-state index in [0.717, 1.165) is 44.5 Å². The summed E-state index contributed by atoms with van der Waals surface area (Å²) < 4.78 is 0. The topological polar surface area (TPSA) is 56.4 Å². The van der Waals surface area contributed by atoms with Gasteiger partial charge >= 0.3 is 0 Å². The number of piperidine rings is 1. The number of pyridine rings is 1. The Labute approximate surface area is 141 Å². The van der Waals surface area contributed by atoms with Crippen LogP contribution in [0.3, 0.4) is 0 Å². The molecule has 4 rings (SSSR count). The molecular formula is C19H23N3O2. The monoisotopic (exact) mass is 325 g/mol. The van der Waals surface area contributed by atoms with Crippen molar-refractivity contribution in [2.45, 2.75) is 31.7 Å². The molecule has 1 N–H and O–H groups in total. The molecule has 2 fully saturated rings. The average Bonchev–Trinajstić information content (AvgIpc) is 3.16. The second-order valence-electron chi connectivity index (χ2n) is 6.88. The van der Waals surface area contributed by atoms with Gasteiger partial charge < -0.3 is 9.88 Å². The third-order valence-corrected chi connectivity index (χ3v) is 5.31. The predicted molar refractivity (Wildman–Crippen MR) is 94.3 cm³/mol. The summed E-state index contributed by atoms with van der Waals surface area (Å²) in [5.41, 5.74) is 1.03. The first kappa shape index (κ1) is 15.4. The molecule has 2 aliphatic rings. The standard InChI is InChI=1S/C19H23N3O2/c23-18-12-17(20-16-8-2-1-7-15(16)18)19(24)22-11-5-6-14(13-22)21-9-3-4-10-21/h1-2,7-8,12,14H,3-6,9-11,13H2,(H,20,23)/t14-/m0/s1. The molecule has 24 heavy (non-hydrogen) atoms. The molecule has 1 amide bonds. The van der Waals surface area contributed by atoms with Gasteiger partial charge in [0.05, 0.1) is 0 Å². The van der Waals surface area contributed by atoms with Gasteiger partial charge in [0.1, 0.15) is 5.69 Å². The Morgan fingerprint density at radius 2 is 1.88 bits per heavy atom. The normalized spacial score (nSPS) is 22.2. The van der Waals surface area contributed by atoms with Gasteiger partial charge in [-0.2, -0.15) is 0 Å². The number of aromatic nitrogens is 1. The van der Waals surface area contributed by atoms with Crippen molar-refractivity contribution in [3.8, 4) is 0 Å². The van der Waals surface area contributed by atoms with Crippen molar-refractivity contribution in [3.05, 3.63) is 46.2 Å². The Kier molecular flexibility index (Phi) is 4.10. The van der Waals surface area contributed by atoms with Crippen LogP contribution in [0.25, 0.3) is 10.9 Å². The van der Waals surface area contributed by atoms with Gasteiger partial charge in [-0.25, -0.2) is 0 Å². The first-order chi connectivity index (χ1) is 11.7. The lowest BCUT2D eigenvalue weighted by Crippen LogP contribution is -2.49. The van der Waals surface area contributed by atoms with Crippen LogP contribution in [0, 0.1) is 0 Å². The molecule has 2 saturated heterocycles. The van der Waals surface area contributed by atoms with Crippen molar-refractivity contribution in [2.24, 2.45) is 0 Å². The molecule has 1 atom stereocenters. The van der Waals surface area contributed by atoms with E-state index in [0.29, 0.717) is 17.1 Å². The minimum absolute atomic E-state index is 0.0539. The van der Waals surface area contributed by atoms with Crippen LogP contribution in [0.4, 0.5) is 0 Å². The molecule has 0 aliphatic carbocycles. The number of carbonyl (C=O) groups excluding carboxylic acids is 1. The molecular weight excluding hydrogens is 302 g/mol. The summed E-state index contributed by atoms with van der Waals surface area (Å²) >= 11 is 0. The average molecular weight is 325 g/mol. The molecule has 126 valence electrons. The fourth-order valence-corrected chi connectivity index (χ4v) is 4.03. The largest absolute Gasteiger partial charge is 0.350 e. The number of benzene rings is 1. The SMILES string of the molecule is O=C(c1cc(=O)c2ccccc2[nH]1)N1CCC[C@H](N2CCCC2)C1. The number of nitrogens with one attached hydrogen (secondary N) is 1. The quantitative estimate of drug-likeness (QED) is 0.921. The molecule has 5 heteroatoms. The van der Waals surface area contributed by atoms with Gasteiger partial charge in [0.2, 0.25) is 0 Å². The van der Waals surface area contributed by atoms with E-state index < -0.39 is 0 Å². The van der Waals surface area contributed by atoms with E-state index in [1.165, 1.54) is 18.9 Å². The Bertz CT molecular complexity index is 808. The molecule has 0 bridgehead atoms. The van der Waals surface area contributed by atoms with E-state index in [9.17, 15) is 9.59 Å². The zero-order chi connectivity index (χ0) is 16.5. The highest BCUT2D eigenvalue weighted by atomic mass is 16.2. The number of aromatic amines is 1. The van der Waals surface area contributed by atoms with Gasteiger partial charge in [-0.15, -0.1) is 0 Å². The van der Waals surface area contributed by atoms with Gasteiger partial charge in [0.25, 0.3) is 5.91 Å². The number of likely N-dealkylation sites (tertiary alicyclic amines) is 2. The van der Waals surface area contributed by atoms with Crippen LogP contribution in [0.2, 0.25) is 0 Å². The van der Waals surface area contributed by atoms with E-state index in [-0.39, 0.29) is 11.3 Å². The number of fused-ring (bicyclic) bond motifs is 1. The fourth-order valence-electron chi connectivity index (χ4n) is 4.03. The summed E-state index contributed by atoms with van der Waals surface area (Å²) in [6.07, 6.45) is 4.73. The Morgan fingerprint density at radius 3 is 2.71 bits per heavy atom. The fraction of sp³-hybridized carbons (Fsp3) is 0.474. The minimum Gasteiger partial charge on any atom is -0.350 e. The van der Waals surface area contributed by atoms with Crippen LogP contribution < -0.4 is 5.43 Å². The van der Waals surface area contributed by atoms with Crippen LogP contribution in [0.5, 0.6) is 0 Å². The van der Waals surface area contributed by atoms with Crippen LogP contribution in [0.15, 0.2) is 35.1 Å². The molecule has 0 unspecified atom stereocenters. The summed E-state index contributed by atoms with van der Waals surface area (Å²) in [7, 11) is 0. The zero-order valence-electron chi connectivity index (χ0n) is 13.8. The second-order valence-corrected chi connectivity index (χ2v) is 6.88. The van der Waals surface area contributed by atoms with Crippen molar-refractivity contribution >= 4 is 16.8 Å². The van der Waals surface area contributed by atoms with Gasteiger partial charge in [-0.05, 0) is 50.9 Å². The summed E-state index contributed by atoms with van der Waals surface area (Å²) in [5, 5.41) is 0.627. The number of para-hydroxylation sites is 1. The van der Waals surface area contributed by atoms with E-state index in [1.54, 1.807) is 6.07 Å². The van der Waals surface area contributed by atoms with Crippen LogP contribution in [-0.4, -0.2) is 52.9 Å². The summed E-state index contributed by atoms with van der Waals surface area (Å²) in [6.45, 7) is 3.85. The molecule has 0 saturated carbocycles. The third-order valence-electron chi connectivity index (χ3n) is 5.31. The maximum absolute atomic E-state index is 12.9. The predicted octanol–water partition coefficient (Wildman–Crippen LogP) is 2.23. The third kappa shape index (κ3) is 2.84. The highest BCUT2D eigenvalue weighted by molar-refractivity contribution is 5.94. The van der Waals surface area contributed by atoms with Crippen LogP contribution in [0.1, 0.15) is 36.2 Å². The second kappa shape index (κ2) is 6.40. The minimum atomic E-state index is -0.0965. The number of carbonyl (C=O) groups is 1. The van der Waals surface area contributed by atoms with Crippen molar-refractivity contribution < 1.29 is 4.79 Å². The molecule has 1 aromatic heterocycles. The van der Waals surface area contributed by atoms with Crippen molar-refractivity contribution in [1.29, 1.82) is 0 Å². The number of hydrogen-bond acceptors (Lipinski definition) is 3. The maximum Gasteiger partial charge on any atom is 0.270 e. The van der Waals surface area contributed by atoms with Gasteiger partial charge in [0, 0.05) is 36.1 Å². The van der Waals surface area contributed by atoms with E-state index >= 15 is 0 Å². The first-order valence-electron chi connectivity index (χ1n) is 8.88. The van der Waals surface area contributed by atoms with E-state index in [1.807, 2.05) is 23.1 Å². The van der Waals surface area contributed by atoms with E-state index in [4.69, 9.17) is 0 Å². The molecule has 2 aromatic rings. The lowest BCUT2D eigenvalue weighted by atomic mass is 10.0. The number of nitrogens with zero attached hydrogens (tertiary/aromatic N) is 2. The summed E-state index contributed by atoms with van der Waals surface area (Å²) in [5.74, 6) is -0.0539. The Hall–Kier alpha value is -2.14. The first-order valence-corrected chi connectivity index (χ1v) is 8.88. The highest BCUT2D eigenvalue weighted by Gasteiger charge is 2.30. The van der Waals surface area contributed by atoms with Crippen LogP contribution in [-0.2, 0) is 0 Å². The smallest absolute Gasteiger partial charge is 0.270 e. The van der Waals surface area contributed by atoms with Gasteiger partial charge in [0.15, 0.2) is 5.43 Å². The number of hydrogen-bond donors (Lipinski definition) is 1. The lowest BCUT2D eigenvalue weighted by molar-refractivity contribution is 0.0602. The van der Waals surface area contributed by atoms with Crippen molar-refractivity contribution in [3.63, 3.8) is 0 Å². The van der Waals surface area contributed by atoms with Crippen LogP contribution >= 0.6 is 0 Å². The molecule has 0 radical (unpaired) electrons. The number of rotatable bonds is 2. The summed E-state index contributed by atoms with van der Waals surface area (Å²) in [4.78, 5) is 32.7. The number of H-pyrrole nitrogens is 1. The highest BCUT2D eigenvalue weighted by Crippen LogP contribution is 2.21. The molecule has 2 aliphatic heterocycles. The number of amides is 1. The van der Waals surface area contributed by atoms with Crippen molar-refractivity contribution in [2.75, 3.05) is 26.2 Å². The molecule has 0 spiro atoms. The lowest BCUT2D eigenvalue weighted by Gasteiger charge is -2.37. The zero-order valence-corrected chi connectivity index (χ0v) is 13.8.